The van der Waals surface area contributed by atoms with Gasteiger partial charge >= 0.3 is 5.97 Å². The predicted molar refractivity (Wildman–Crippen MR) is 66.8 cm³/mol. The molecule has 3 nitrogen and oxygen atoms in total. The van der Waals surface area contributed by atoms with E-state index < -0.39 is 23.1 Å². The third kappa shape index (κ3) is 3.68. The van der Waals surface area contributed by atoms with E-state index in [1.165, 1.54) is 0 Å². The lowest BCUT2D eigenvalue weighted by molar-refractivity contribution is -0.144. The zero-order valence-electron chi connectivity index (χ0n) is 10.2. The fourth-order valence-corrected chi connectivity index (χ4v) is 2.42. The van der Waals surface area contributed by atoms with Crippen molar-refractivity contribution in [1.82, 2.24) is 5.32 Å². The minimum atomic E-state index is -1.06. The van der Waals surface area contributed by atoms with Crippen LogP contribution >= 0.6 is 11.8 Å². The maximum Gasteiger partial charge on any atom is 0.323 e. The summed E-state index contributed by atoms with van der Waals surface area (Å²) in [4.78, 5) is 11.2. The number of thioether (sulfide) groups is 1. The van der Waals surface area contributed by atoms with Gasteiger partial charge in [-0.3, -0.25) is 4.79 Å². The van der Waals surface area contributed by atoms with Crippen LogP contribution in [0.3, 0.4) is 0 Å². The van der Waals surface area contributed by atoms with E-state index in [2.05, 4.69) is 5.32 Å². The van der Waals surface area contributed by atoms with E-state index in [4.69, 9.17) is 5.11 Å². The Bertz CT molecular complexity index is 442. The molecule has 100 valence electrons. The van der Waals surface area contributed by atoms with Gasteiger partial charge in [-0.05, 0) is 38.6 Å². The minimum Gasteiger partial charge on any atom is -0.480 e. The van der Waals surface area contributed by atoms with Gasteiger partial charge in [-0.25, -0.2) is 8.78 Å². The van der Waals surface area contributed by atoms with Crippen LogP contribution in [-0.4, -0.2) is 29.4 Å². The third-order valence-electron chi connectivity index (χ3n) is 2.78. The molecule has 2 N–H and O–H groups in total. The maximum absolute atomic E-state index is 13.3. The molecule has 0 aromatic heterocycles. The van der Waals surface area contributed by atoms with E-state index in [1.54, 1.807) is 14.0 Å². The van der Waals surface area contributed by atoms with Crippen LogP contribution in [0.1, 0.15) is 13.3 Å². The van der Waals surface area contributed by atoms with Gasteiger partial charge in [0.2, 0.25) is 0 Å². The number of nitrogens with one attached hydrogen (secondary N) is 1. The average molecular weight is 275 g/mol. The van der Waals surface area contributed by atoms with E-state index in [9.17, 15) is 13.6 Å². The van der Waals surface area contributed by atoms with Crippen molar-refractivity contribution in [1.29, 1.82) is 0 Å². The van der Waals surface area contributed by atoms with Crippen LogP contribution in [0.15, 0.2) is 23.1 Å². The first-order chi connectivity index (χ1) is 8.39. The van der Waals surface area contributed by atoms with Gasteiger partial charge in [0.25, 0.3) is 0 Å². The number of likely N-dealkylation sites (N-methyl/N-ethyl adjacent to an activating group) is 1. The number of hydrogen-bond donors (Lipinski definition) is 2. The number of rotatable bonds is 6. The van der Waals surface area contributed by atoms with Gasteiger partial charge in [0.05, 0.1) is 0 Å². The first kappa shape index (κ1) is 14.9. The van der Waals surface area contributed by atoms with E-state index in [-0.39, 0.29) is 4.90 Å². The Labute approximate surface area is 109 Å². The van der Waals surface area contributed by atoms with E-state index >= 15 is 0 Å². The summed E-state index contributed by atoms with van der Waals surface area (Å²) in [7, 11) is 1.56. The lowest BCUT2D eigenvalue weighted by Gasteiger charge is -2.23. The molecule has 0 saturated carbocycles. The molecule has 18 heavy (non-hydrogen) atoms. The molecule has 0 amide bonds. The molecule has 1 aromatic rings. The topological polar surface area (TPSA) is 49.3 Å². The summed E-state index contributed by atoms with van der Waals surface area (Å²) in [6.45, 7) is 1.55. The Hall–Kier alpha value is -1.14. The molecule has 0 fully saturated rings. The van der Waals surface area contributed by atoms with Crippen LogP contribution in [0.25, 0.3) is 0 Å². The van der Waals surface area contributed by atoms with Gasteiger partial charge < -0.3 is 10.4 Å². The van der Waals surface area contributed by atoms with Crippen molar-refractivity contribution >= 4 is 17.7 Å². The van der Waals surface area contributed by atoms with Gasteiger partial charge in [0, 0.05) is 10.6 Å². The van der Waals surface area contributed by atoms with Gasteiger partial charge in [-0.2, -0.15) is 0 Å². The zero-order chi connectivity index (χ0) is 13.8. The largest absolute Gasteiger partial charge is 0.480 e. The molecule has 6 heteroatoms. The monoisotopic (exact) mass is 275 g/mol. The Morgan fingerprint density at radius 1 is 1.50 bits per heavy atom. The van der Waals surface area contributed by atoms with E-state index in [0.717, 1.165) is 30.0 Å². The van der Waals surface area contributed by atoms with Crippen LogP contribution in [0, 0.1) is 11.6 Å². The molecule has 0 saturated heterocycles. The average Bonchev–Trinajstić information content (AvgIpc) is 2.33. The number of benzene rings is 1. The second-order valence-electron chi connectivity index (χ2n) is 4.06. The summed E-state index contributed by atoms with van der Waals surface area (Å²) in [5, 5.41) is 11.7. The Morgan fingerprint density at radius 3 is 2.72 bits per heavy atom. The van der Waals surface area contributed by atoms with Crippen molar-refractivity contribution in [2.45, 2.75) is 23.8 Å². The van der Waals surface area contributed by atoms with Crippen LogP contribution in [0.4, 0.5) is 8.78 Å². The lowest BCUT2D eigenvalue weighted by Crippen LogP contribution is -2.47. The fraction of sp³-hybridized carbons (Fsp3) is 0.417. The van der Waals surface area contributed by atoms with Gasteiger partial charge in [-0.1, -0.05) is 0 Å². The first-order valence-corrected chi connectivity index (χ1v) is 6.38. The van der Waals surface area contributed by atoms with Crippen molar-refractivity contribution in [3.05, 3.63) is 29.8 Å². The molecule has 0 bridgehead atoms. The molecular formula is C12H15F2NO2S. The Kier molecular flexibility index (Phi) is 5.10. The van der Waals surface area contributed by atoms with Gasteiger partial charge in [-0.15, -0.1) is 11.8 Å². The lowest BCUT2D eigenvalue weighted by atomic mass is 10.00. The van der Waals surface area contributed by atoms with Crippen LogP contribution in [0.2, 0.25) is 0 Å². The highest BCUT2D eigenvalue weighted by Crippen LogP contribution is 2.25. The molecule has 0 aliphatic carbocycles. The molecule has 0 aliphatic rings. The van der Waals surface area contributed by atoms with Crippen LogP contribution in [-0.2, 0) is 4.79 Å². The quantitative estimate of drug-likeness (QED) is 0.783. The molecule has 1 atom stereocenters. The number of carboxylic acid groups (broad SMARTS) is 1. The summed E-state index contributed by atoms with van der Waals surface area (Å²) >= 11 is 1.10. The minimum absolute atomic E-state index is 0.193. The normalized spacial score (nSPS) is 14.2. The van der Waals surface area contributed by atoms with Crippen LogP contribution < -0.4 is 5.32 Å². The van der Waals surface area contributed by atoms with Gasteiger partial charge in [0.15, 0.2) is 0 Å². The number of aliphatic carboxylic acids is 1. The zero-order valence-corrected chi connectivity index (χ0v) is 11.0. The second kappa shape index (κ2) is 6.15. The SMILES string of the molecule is CNC(C)(CCSc1cc(F)ccc1F)C(=O)O. The van der Waals surface area contributed by atoms with Crippen molar-refractivity contribution in [3.8, 4) is 0 Å². The molecule has 0 radical (unpaired) electrons. The van der Waals surface area contributed by atoms with Crippen molar-refractivity contribution < 1.29 is 18.7 Å². The van der Waals surface area contributed by atoms with E-state index in [0.29, 0.717) is 12.2 Å². The van der Waals surface area contributed by atoms with Crippen molar-refractivity contribution in [3.63, 3.8) is 0 Å². The standard InChI is InChI=1S/C12H15F2NO2S/c1-12(15-2,11(16)17)5-6-18-10-7-8(13)3-4-9(10)14/h3-4,7,15H,5-6H2,1-2H3,(H,16,17). The molecule has 1 unspecified atom stereocenters. The summed E-state index contributed by atoms with van der Waals surface area (Å²) in [6.07, 6.45) is 0.305. The molecule has 0 spiro atoms. The fourth-order valence-electron chi connectivity index (χ4n) is 1.29. The van der Waals surface area contributed by atoms with Crippen molar-refractivity contribution in [2.24, 2.45) is 0 Å². The summed E-state index contributed by atoms with van der Waals surface area (Å²) in [6, 6.07) is 3.22. The third-order valence-corrected chi connectivity index (χ3v) is 3.81. The number of hydrogen-bond acceptors (Lipinski definition) is 3. The van der Waals surface area contributed by atoms with Gasteiger partial charge in [0.1, 0.15) is 17.2 Å². The first-order valence-electron chi connectivity index (χ1n) is 5.39. The maximum atomic E-state index is 13.3. The molecule has 1 rings (SSSR count). The highest BCUT2D eigenvalue weighted by Gasteiger charge is 2.30. The Morgan fingerprint density at radius 2 is 2.17 bits per heavy atom. The van der Waals surface area contributed by atoms with Crippen LogP contribution in [0.5, 0.6) is 0 Å². The highest BCUT2D eigenvalue weighted by atomic mass is 32.2. The Balaban J connectivity index is 2.61. The summed E-state index contributed by atoms with van der Waals surface area (Å²) in [5.41, 5.74) is -1.06. The molecular weight excluding hydrogens is 260 g/mol. The number of halogens is 2. The number of carbonyl (C=O) groups is 1. The number of carboxylic acids is 1. The summed E-state index contributed by atoms with van der Waals surface area (Å²) in [5.74, 6) is -1.59. The molecule has 0 heterocycles. The predicted octanol–water partition coefficient (Wildman–Crippen LogP) is 2.51. The molecule has 1 aromatic carbocycles. The highest BCUT2D eigenvalue weighted by molar-refractivity contribution is 7.99. The molecule has 0 aliphatic heterocycles. The second-order valence-corrected chi connectivity index (χ2v) is 5.20. The van der Waals surface area contributed by atoms with Crippen molar-refractivity contribution in [2.75, 3.05) is 12.8 Å². The smallest absolute Gasteiger partial charge is 0.323 e. The van der Waals surface area contributed by atoms with E-state index in [1.807, 2.05) is 0 Å². The summed E-state index contributed by atoms with van der Waals surface area (Å²) < 4.78 is 26.2.